The zero-order valence-electron chi connectivity index (χ0n) is 13.8. The maximum Gasteiger partial charge on any atom is 0.306 e. The van der Waals surface area contributed by atoms with Crippen molar-refractivity contribution in [2.45, 2.75) is 52.1 Å². The van der Waals surface area contributed by atoms with Gasteiger partial charge in [0.05, 0.1) is 0 Å². The molecule has 0 heterocycles. The summed E-state index contributed by atoms with van der Waals surface area (Å²) in [5.74, 6) is 0.277. The van der Waals surface area contributed by atoms with Gasteiger partial charge in [-0.15, -0.1) is 0 Å². The van der Waals surface area contributed by atoms with E-state index in [-0.39, 0.29) is 5.97 Å². The quantitative estimate of drug-likeness (QED) is 0.351. The fourth-order valence-corrected chi connectivity index (χ4v) is 1.86. The van der Waals surface area contributed by atoms with E-state index in [1.165, 1.54) is 0 Å². The lowest BCUT2D eigenvalue weighted by molar-refractivity contribution is -0.154. The molecule has 0 bridgehead atoms. The molecule has 0 spiro atoms. The van der Waals surface area contributed by atoms with Crippen molar-refractivity contribution in [3.63, 3.8) is 0 Å². The number of unbranched alkanes of at least 4 members (excludes halogenated alkanes) is 2. The van der Waals surface area contributed by atoms with Gasteiger partial charge in [-0.2, -0.15) is 0 Å². The summed E-state index contributed by atoms with van der Waals surface area (Å²) in [5.41, 5.74) is 6.32. The molecule has 0 aliphatic heterocycles. The Morgan fingerprint density at radius 2 is 1.86 bits per heavy atom. The first kappa shape index (κ1) is 18.0. The Morgan fingerprint density at radius 1 is 1.18 bits per heavy atom. The van der Waals surface area contributed by atoms with Crippen LogP contribution in [0.1, 0.15) is 46.5 Å². The molecule has 1 aromatic rings. The molecule has 0 aliphatic rings. The molecule has 0 amide bonds. The van der Waals surface area contributed by atoms with Crippen LogP contribution in [0.5, 0.6) is 0 Å². The summed E-state index contributed by atoms with van der Waals surface area (Å²) in [6.45, 7) is 6.28. The summed E-state index contributed by atoms with van der Waals surface area (Å²) >= 11 is 0. The lowest BCUT2D eigenvalue weighted by Gasteiger charge is -2.19. The highest BCUT2D eigenvalue weighted by Gasteiger charge is 2.15. The average Bonchev–Trinajstić information content (AvgIpc) is 2.42. The van der Waals surface area contributed by atoms with E-state index in [0.29, 0.717) is 18.9 Å². The largest absolute Gasteiger partial charge is 0.460 e. The standard InChI is InChI=1S/C17H27N3O2/c1-17(2,3)22-15(21)12-8-5-9-13-19-16(18)20-14-10-6-4-7-11-14/h4,6-7,10-11H,5,8-9,12-13H2,1-3H3,(H3,18,19,20). The van der Waals surface area contributed by atoms with Crippen LogP contribution in [-0.2, 0) is 9.53 Å². The van der Waals surface area contributed by atoms with Crippen LogP contribution >= 0.6 is 0 Å². The third kappa shape index (κ3) is 9.00. The number of aliphatic imine (C=N–C) groups is 1. The van der Waals surface area contributed by atoms with Crippen molar-refractivity contribution >= 4 is 17.6 Å². The highest BCUT2D eigenvalue weighted by atomic mass is 16.6. The van der Waals surface area contributed by atoms with Crippen LogP contribution in [0.3, 0.4) is 0 Å². The Hall–Kier alpha value is -2.04. The van der Waals surface area contributed by atoms with Crippen molar-refractivity contribution in [1.82, 2.24) is 0 Å². The number of ether oxygens (including phenoxy) is 1. The van der Waals surface area contributed by atoms with Gasteiger partial charge in [0.1, 0.15) is 5.60 Å². The number of benzene rings is 1. The maximum atomic E-state index is 11.5. The van der Waals surface area contributed by atoms with Crippen molar-refractivity contribution in [2.75, 3.05) is 11.9 Å². The highest BCUT2D eigenvalue weighted by molar-refractivity contribution is 5.92. The Labute approximate surface area is 133 Å². The van der Waals surface area contributed by atoms with Crippen molar-refractivity contribution in [3.05, 3.63) is 30.3 Å². The van der Waals surface area contributed by atoms with Gasteiger partial charge in [0.15, 0.2) is 5.96 Å². The van der Waals surface area contributed by atoms with Crippen LogP contribution in [0.2, 0.25) is 0 Å². The third-order valence-corrected chi connectivity index (χ3v) is 2.79. The number of hydrogen-bond donors (Lipinski definition) is 2. The molecule has 5 nitrogen and oxygen atoms in total. The Morgan fingerprint density at radius 3 is 2.50 bits per heavy atom. The first-order valence-corrected chi connectivity index (χ1v) is 7.71. The van der Waals surface area contributed by atoms with E-state index < -0.39 is 5.60 Å². The summed E-state index contributed by atoms with van der Waals surface area (Å²) < 4.78 is 5.25. The Kier molecular flexibility index (Phi) is 7.43. The number of para-hydroxylation sites is 1. The second-order valence-corrected chi connectivity index (χ2v) is 6.16. The van der Waals surface area contributed by atoms with E-state index in [0.717, 1.165) is 24.9 Å². The van der Waals surface area contributed by atoms with Crippen molar-refractivity contribution < 1.29 is 9.53 Å². The minimum absolute atomic E-state index is 0.138. The predicted molar refractivity (Wildman–Crippen MR) is 90.9 cm³/mol. The highest BCUT2D eigenvalue weighted by Crippen LogP contribution is 2.10. The van der Waals surface area contributed by atoms with Gasteiger partial charge in [0.2, 0.25) is 0 Å². The number of anilines is 1. The number of hydrogen-bond acceptors (Lipinski definition) is 3. The van der Waals surface area contributed by atoms with Crippen molar-refractivity contribution in [3.8, 4) is 0 Å². The molecular weight excluding hydrogens is 278 g/mol. The number of rotatable bonds is 7. The zero-order chi connectivity index (χ0) is 16.4. The number of nitrogens with zero attached hydrogens (tertiary/aromatic N) is 1. The lowest BCUT2D eigenvalue weighted by atomic mass is 10.1. The van der Waals surface area contributed by atoms with Gasteiger partial charge < -0.3 is 15.8 Å². The zero-order valence-corrected chi connectivity index (χ0v) is 13.8. The number of carbonyl (C=O) groups is 1. The Balaban J connectivity index is 2.12. The molecule has 1 rings (SSSR count). The fraction of sp³-hybridized carbons (Fsp3) is 0.529. The molecule has 0 fully saturated rings. The molecule has 0 aliphatic carbocycles. The summed E-state index contributed by atoms with van der Waals surface area (Å²) in [6.07, 6.45) is 3.11. The third-order valence-electron chi connectivity index (χ3n) is 2.79. The molecule has 0 radical (unpaired) electrons. The summed E-state index contributed by atoms with van der Waals surface area (Å²) in [4.78, 5) is 15.8. The molecule has 0 saturated heterocycles. The lowest BCUT2D eigenvalue weighted by Crippen LogP contribution is -2.23. The molecule has 0 saturated carbocycles. The normalized spacial score (nSPS) is 12.0. The minimum atomic E-state index is -0.404. The maximum absolute atomic E-state index is 11.5. The molecule has 122 valence electrons. The number of nitrogens with two attached hydrogens (primary N) is 1. The topological polar surface area (TPSA) is 76.7 Å². The second kappa shape index (κ2) is 9.07. The van der Waals surface area contributed by atoms with Crippen molar-refractivity contribution in [2.24, 2.45) is 10.7 Å². The van der Waals surface area contributed by atoms with Crippen LogP contribution in [-0.4, -0.2) is 24.1 Å². The number of nitrogens with one attached hydrogen (secondary N) is 1. The molecule has 5 heteroatoms. The van der Waals surface area contributed by atoms with Gasteiger partial charge in [-0.25, -0.2) is 0 Å². The van der Waals surface area contributed by atoms with E-state index in [9.17, 15) is 4.79 Å². The molecule has 0 atom stereocenters. The fourth-order valence-electron chi connectivity index (χ4n) is 1.86. The first-order chi connectivity index (χ1) is 10.4. The van der Waals surface area contributed by atoms with Crippen LogP contribution in [0.15, 0.2) is 35.3 Å². The van der Waals surface area contributed by atoms with Crippen LogP contribution in [0, 0.1) is 0 Å². The number of esters is 1. The average molecular weight is 305 g/mol. The summed E-state index contributed by atoms with van der Waals surface area (Å²) in [7, 11) is 0. The predicted octanol–water partition coefficient (Wildman–Crippen LogP) is 3.32. The van der Waals surface area contributed by atoms with Gasteiger partial charge in [-0.3, -0.25) is 9.79 Å². The summed E-state index contributed by atoms with van der Waals surface area (Å²) in [6, 6.07) is 9.69. The van der Waals surface area contributed by atoms with Crippen molar-refractivity contribution in [1.29, 1.82) is 0 Å². The number of carbonyl (C=O) groups excluding carboxylic acids is 1. The SMILES string of the molecule is CC(C)(C)OC(=O)CCCCCN=C(N)Nc1ccccc1. The monoisotopic (exact) mass is 305 g/mol. The number of guanidine groups is 1. The first-order valence-electron chi connectivity index (χ1n) is 7.71. The van der Waals surface area contributed by atoms with Gasteiger partial charge in [-0.05, 0) is 45.7 Å². The van der Waals surface area contributed by atoms with E-state index in [1.807, 2.05) is 51.1 Å². The van der Waals surface area contributed by atoms with Crippen LogP contribution in [0.4, 0.5) is 5.69 Å². The van der Waals surface area contributed by atoms with Gasteiger partial charge in [-0.1, -0.05) is 24.6 Å². The van der Waals surface area contributed by atoms with E-state index >= 15 is 0 Å². The van der Waals surface area contributed by atoms with E-state index in [1.54, 1.807) is 0 Å². The van der Waals surface area contributed by atoms with Crippen LogP contribution in [0.25, 0.3) is 0 Å². The Bertz CT molecular complexity index is 478. The summed E-state index contributed by atoms with van der Waals surface area (Å²) in [5, 5.41) is 3.03. The molecular formula is C17H27N3O2. The minimum Gasteiger partial charge on any atom is -0.460 e. The van der Waals surface area contributed by atoms with Gasteiger partial charge >= 0.3 is 5.97 Å². The smallest absolute Gasteiger partial charge is 0.306 e. The molecule has 0 unspecified atom stereocenters. The molecule has 1 aromatic carbocycles. The van der Waals surface area contributed by atoms with E-state index in [4.69, 9.17) is 10.5 Å². The second-order valence-electron chi connectivity index (χ2n) is 6.16. The molecule has 0 aromatic heterocycles. The molecule has 3 N–H and O–H groups in total. The van der Waals surface area contributed by atoms with Crippen LogP contribution < -0.4 is 11.1 Å². The van der Waals surface area contributed by atoms with Gasteiger partial charge in [0.25, 0.3) is 0 Å². The molecule has 22 heavy (non-hydrogen) atoms. The van der Waals surface area contributed by atoms with Gasteiger partial charge in [0, 0.05) is 18.7 Å². The van der Waals surface area contributed by atoms with E-state index in [2.05, 4.69) is 10.3 Å².